The van der Waals surface area contributed by atoms with Gasteiger partial charge in [-0.1, -0.05) is 26.0 Å². The molecule has 0 radical (unpaired) electrons. The molecule has 0 bridgehead atoms. The Morgan fingerprint density at radius 3 is 2.66 bits per heavy atom. The zero-order valence-corrected chi connectivity index (χ0v) is 16.8. The highest BCUT2D eigenvalue weighted by atomic mass is 32.2. The van der Waals surface area contributed by atoms with E-state index in [-0.39, 0.29) is 16.5 Å². The highest BCUT2D eigenvalue weighted by molar-refractivity contribution is 7.90. The number of carbonyl (C=O) groups excluding carboxylic acids is 2. The number of amidine groups is 1. The maximum atomic E-state index is 13.3. The Balaban J connectivity index is 1.80. The van der Waals surface area contributed by atoms with Gasteiger partial charge in [-0.3, -0.25) is 9.59 Å². The van der Waals surface area contributed by atoms with Gasteiger partial charge in [0.1, 0.15) is 10.7 Å². The first kappa shape index (κ1) is 19.3. The van der Waals surface area contributed by atoms with E-state index in [9.17, 15) is 18.0 Å². The molecule has 29 heavy (non-hydrogen) atoms. The summed E-state index contributed by atoms with van der Waals surface area (Å²) in [5.41, 5.74) is 0.909. The van der Waals surface area contributed by atoms with Crippen LogP contribution in [0, 0.1) is 11.8 Å². The molecule has 1 N–H and O–H groups in total. The molecule has 1 amide bonds. The normalized spacial score (nSPS) is 20.0. The largest absolute Gasteiger partial charge is 0.326 e. The molecule has 2 aliphatic rings. The van der Waals surface area contributed by atoms with Crippen LogP contribution in [0.3, 0.4) is 0 Å². The summed E-state index contributed by atoms with van der Waals surface area (Å²) in [7, 11) is -4.07. The van der Waals surface area contributed by atoms with E-state index < -0.39 is 27.6 Å². The number of anilines is 2. The number of amides is 1. The minimum atomic E-state index is -4.07. The van der Waals surface area contributed by atoms with E-state index in [0.717, 1.165) is 6.42 Å². The van der Waals surface area contributed by atoms with Gasteiger partial charge in [-0.2, -0.15) is 8.42 Å². The molecule has 1 unspecified atom stereocenters. The number of rotatable bonds is 4. The first-order valence-corrected chi connectivity index (χ1v) is 10.7. The Kier molecular flexibility index (Phi) is 4.70. The van der Waals surface area contributed by atoms with E-state index in [1.165, 1.54) is 18.3 Å². The fraction of sp³-hybridized carbons (Fsp3) is 0.300. The van der Waals surface area contributed by atoms with Crippen molar-refractivity contribution >= 4 is 39.1 Å². The number of ketones is 1. The van der Waals surface area contributed by atoms with Gasteiger partial charge >= 0.3 is 0 Å². The second kappa shape index (κ2) is 7.07. The van der Waals surface area contributed by atoms with Crippen molar-refractivity contribution in [1.29, 1.82) is 0 Å². The molecule has 9 heteroatoms. The van der Waals surface area contributed by atoms with Gasteiger partial charge in [0, 0.05) is 18.3 Å². The second-order valence-corrected chi connectivity index (χ2v) is 8.99. The Bertz CT molecular complexity index is 1140. The molecular formula is C20H20N4O4S. The minimum Gasteiger partial charge on any atom is -0.326 e. The molecule has 0 saturated heterocycles. The smallest absolute Gasteiger partial charge is 0.287 e. The van der Waals surface area contributed by atoms with E-state index in [4.69, 9.17) is 0 Å². The van der Waals surface area contributed by atoms with Crippen molar-refractivity contribution in [3.05, 3.63) is 48.2 Å². The molecular weight excluding hydrogens is 392 g/mol. The minimum absolute atomic E-state index is 0.0608. The summed E-state index contributed by atoms with van der Waals surface area (Å²) < 4.78 is 28.9. The van der Waals surface area contributed by atoms with Gasteiger partial charge in [-0.15, -0.1) is 4.40 Å². The molecule has 1 aromatic carbocycles. The molecule has 2 aliphatic heterocycles. The monoisotopic (exact) mass is 412 g/mol. The lowest BCUT2D eigenvalue weighted by atomic mass is 9.88. The van der Waals surface area contributed by atoms with Gasteiger partial charge in [0.15, 0.2) is 17.5 Å². The number of aromatic nitrogens is 1. The van der Waals surface area contributed by atoms with Crippen molar-refractivity contribution in [3.63, 3.8) is 0 Å². The van der Waals surface area contributed by atoms with Crippen LogP contribution in [0.2, 0.25) is 0 Å². The third-order valence-corrected chi connectivity index (χ3v) is 6.27. The number of Topliss-reactive ketones (excluding diaryl/α,β-unsaturated/α-hetero) is 1. The van der Waals surface area contributed by atoms with Crippen LogP contribution in [0.25, 0.3) is 0 Å². The number of benzene rings is 1. The first-order valence-electron chi connectivity index (χ1n) is 9.31. The summed E-state index contributed by atoms with van der Waals surface area (Å²) in [5, 5.41) is 2.79. The van der Waals surface area contributed by atoms with Gasteiger partial charge in [0.05, 0.1) is 5.69 Å². The topological polar surface area (TPSA) is 109 Å². The number of sulfonamides is 1. The average molecular weight is 412 g/mol. The summed E-state index contributed by atoms with van der Waals surface area (Å²) in [6, 6.07) is 9.71. The van der Waals surface area contributed by atoms with Crippen LogP contribution in [0.5, 0.6) is 0 Å². The maximum absolute atomic E-state index is 13.3. The fourth-order valence-electron chi connectivity index (χ4n) is 3.46. The van der Waals surface area contributed by atoms with Crippen LogP contribution < -0.4 is 10.2 Å². The molecule has 1 aromatic heterocycles. The number of nitrogens with zero attached hydrogens (tertiary/aromatic N) is 3. The van der Waals surface area contributed by atoms with Gasteiger partial charge in [0.25, 0.3) is 10.0 Å². The quantitative estimate of drug-likeness (QED) is 0.773. The van der Waals surface area contributed by atoms with Crippen LogP contribution in [0.4, 0.5) is 11.5 Å². The molecule has 8 nitrogen and oxygen atoms in total. The number of fused-ring (bicyclic) bond motifs is 2. The summed E-state index contributed by atoms with van der Waals surface area (Å²) in [5.74, 6) is -2.13. The zero-order chi connectivity index (χ0) is 20.8. The second-order valence-electron chi connectivity index (χ2n) is 7.41. The highest BCUT2D eigenvalue weighted by Gasteiger charge is 2.44. The van der Waals surface area contributed by atoms with Crippen LogP contribution in [-0.4, -0.2) is 37.5 Å². The molecule has 150 valence electrons. The molecule has 2 aromatic rings. The third-order valence-electron chi connectivity index (χ3n) is 4.95. The molecule has 4 rings (SSSR count). The molecule has 0 aliphatic carbocycles. The maximum Gasteiger partial charge on any atom is 0.287 e. The number of hydrogen-bond donors (Lipinski definition) is 1. The van der Waals surface area contributed by atoms with Crippen LogP contribution >= 0.6 is 0 Å². The summed E-state index contributed by atoms with van der Waals surface area (Å²) in [6.07, 6.45) is 2.17. The first-order chi connectivity index (χ1) is 13.8. The van der Waals surface area contributed by atoms with Gasteiger partial charge in [-0.25, -0.2) is 4.98 Å². The molecule has 0 saturated carbocycles. The number of pyridine rings is 1. The third kappa shape index (κ3) is 3.31. The van der Waals surface area contributed by atoms with Gasteiger partial charge in [-0.05, 0) is 36.6 Å². The SMILES string of the molecule is CC(C)CCN1C(=O)C(C2=NS(=O)(=O)c3cccnc3N2)C(=O)c2ccccc21. The summed E-state index contributed by atoms with van der Waals surface area (Å²) in [4.78, 5) is 31.9. The predicted octanol–water partition coefficient (Wildman–Crippen LogP) is 2.49. The van der Waals surface area contributed by atoms with Gasteiger partial charge < -0.3 is 10.2 Å². The van der Waals surface area contributed by atoms with Crippen molar-refractivity contribution in [2.75, 3.05) is 16.8 Å². The molecule has 1 atom stereocenters. The van der Waals surface area contributed by atoms with E-state index in [2.05, 4.69) is 14.7 Å². The van der Waals surface area contributed by atoms with Crippen molar-refractivity contribution in [3.8, 4) is 0 Å². The fourth-order valence-corrected chi connectivity index (χ4v) is 4.57. The molecule has 3 heterocycles. The standard InChI is InChI=1S/C20H20N4O4S/c1-12(2)9-11-24-14-7-4-3-6-13(14)17(25)16(20(24)26)19-22-18-15(8-5-10-21-18)29(27,28)23-19/h3-8,10,12,16H,9,11H2,1-2H3,(H,21,22,23). The molecule has 0 fully saturated rings. The zero-order valence-electron chi connectivity index (χ0n) is 16.0. The highest BCUT2D eigenvalue weighted by Crippen LogP contribution is 2.34. The molecule has 0 spiro atoms. The summed E-state index contributed by atoms with van der Waals surface area (Å²) >= 11 is 0. The predicted molar refractivity (Wildman–Crippen MR) is 109 cm³/mol. The van der Waals surface area contributed by atoms with E-state index in [1.54, 1.807) is 29.2 Å². The number of para-hydroxylation sites is 1. The Hall–Kier alpha value is -3.07. The number of carbonyl (C=O) groups is 2. The van der Waals surface area contributed by atoms with Crippen LogP contribution in [0.1, 0.15) is 30.6 Å². The Labute approximate surface area is 168 Å². The average Bonchev–Trinajstić information content (AvgIpc) is 2.67. The van der Waals surface area contributed by atoms with E-state index in [1.807, 2.05) is 13.8 Å². The van der Waals surface area contributed by atoms with E-state index >= 15 is 0 Å². The van der Waals surface area contributed by atoms with Crippen molar-refractivity contribution in [2.45, 2.75) is 25.2 Å². The lowest BCUT2D eigenvalue weighted by Crippen LogP contribution is -2.50. The lowest BCUT2D eigenvalue weighted by molar-refractivity contribution is -0.119. The van der Waals surface area contributed by atoms with Crippen molar-refractivity contribution in [2.24, 2.45) is 16.2 Å². The van der Waals surface area contributed by atoms with Crippen molar-refractivity contribution < 1.29 is 18.0 Å². The summed E-state index contributed by atoms with van der Waals surface area (Å²) in [6.45, 7) is 4.52. The number of hydrogen-bond acceptors (Lipinski definition) is 6. The number of nitrogens with one attached hydrogen (secondary N) is 1. The van der Waals surface area contributed by atoms with Crippen LogP contribution in [-0.2, 0) is 14.8 Å². The lowest BCUT2D eigenvalue weighted by Gasteiger charge is -2.34. The van der Waals surface area contributed by atoms with Crippen LogP contribution in [0.15, 0.2) is 51.9 Å². The Morgan fingerprint density at radius 2 is 1.90 bits per heavy atom. The van der Waals surface area contributed by atoms with E-state index in [0.29, 0.717) is 23.7 Å². The van der Waals surface area contributed by atoms with Crippen molar-refractivity contribution in [1.82, 2.24) is 4.98 Å². The van der Waals surface area contributed by atoms with Gasteiger partial charge in [0.2, 0.25) is 5.91 Å². The Morgan fingerprint density at radius 1 is 1.14 bits per heavy atom.